The highest BCUT2D eigenvalue weighted by Crippen LogP contribution is 2.22. The van der Waals surface area contributed by atoms with Crippen LogP contribution in [0, 0.1) is 0 Å². The smallest absolute Gasteiger partial charge is 0.422 e. The summed E-state index contributed by atoms with van der Waals surface area (Å²) in [5, 5.41) is 0. The second-order valence-corrected chi connectivity index (χ2v) is 5.71. The predicted molar refractivity (Wildman–Crippen MR) is 78.1 cm³/mol. The van der Waals surface area contributed by atoms with Crippen molar-refractivity contribution in [3.63, 3.8) is 0 Å². The molecule has 0 saturated carbocycles. The first-order valence-corrected chi connectivity index (χ1v) is 7.50. The number of carbonyl (C=O) groups excluding carboxylic acids is 1. The summed E-state index contributed by atoms with van der Waals surface area (Å²) < 4.78 is 40.8. The van der Waals surface area contributed by atoms with E-state index in [1.165, 1.54) is 18.3 Å². The number of piperidine rings is 1. The largest absolute Gasteiger partial charge is 0.468 e. The highest BCUT2D eigenvalue weighted by Gasteiger charge is 2.30. The molecule has 8 heteroatoms. The van der Waals surface area contributed by atoms with Gasteiger partial charge in [-0.3, -0.25) is 4.79 Å². The van der Waals surface area contributed by atoms with E-state index in [-0.39, 0.29) is 23.9 Å². The van der Waals surface area contributed by atoms with Crippen LogP contribution in [0.2, 0.25) is 0 Å². The van der Waals surface area contributed by atoms with Gasteiger partial charge in [0.25, 0.3) is 5.91 Å². The van der Waals surface area contributed by atoms with Crippen molar-refractivity contribution in [1.29, 1.82) is 0 Å². The molecule has 0 aromatic carbocycles. The van der Waals surface area contributed by atoms with Crippen LogP contribution in [0.1, 0.15) is 36.5 Å². The summed E-state index contributed by atoms with van der Waals surface area (Å²) in [6.45, 7) is 1.08. The number of likely N-dealkylation sites (tertiary alicyclic amines) is 1. The van der Waals surface area contributed by atoms with Crippen LogP contribution in [-0.2, 0) is 0 Å². The molecule has 1 amide bonds. The monoisotopic (exact) mass is 331 g/mol. The normalized spacial score (nSPS) is 20.2. The number of halogens is 3. The van der Waals surface area contributed by atoms with Gasteiger partial charge in [-0.25, -0.2) is 4.98 Å². The molecule has 128 valence electrons. The second-order valence-electron chi connectivity index (χ2n) is 5.71. The molecule has 5 nitrogen and oxygen atoms in total. The molecule has 2 atom stereocenters. The number of hydrogen-bond acceptors (Lipinski definition) is 4. The van der Waals surface area contributed by atoms with E-state index < -0.39 is 12.8 Å². The number of pyridine rings is 1. The summed E-state index contributed by atoms with van der Waals surface area (Å²) in [7, 11) is 0. The molecule has 2 N–H and O–H groups in total. The summed E-state index contributed by atoms with van der Waals surface area (Å²) in [6, 6.07) is 2.52. The molecule has 0 radical (unpaired) electrons. The Labute approximate surface area is 132 Å². The number of nitrogens with two attached hydrogens (primary N) is 1. The van der Waals surface area contributed by atoms with Crippen LogP contribution < -0.4 is 10.5 Å². The summed E-state index contributed by atoms with van der Waals surface area (Å²) in [5.41, 5.74) is 6.26. The second kappa shape index (κ2) is 7.16. The Morgan fingerprint density at radius 3 is 2.78 bits per heavy atom. The number of alkyl halides is 3. The average molecular weight is 331 g/mol. The van der Waals surface area contributed by atoms with Gasteiger partial charge in [-0.15, -0.1) is 0 Å². The lowest BCUT2D eigenvalue weighted by Crippen LogP contribution is -2.51. The van der Waals surface area contributed by atoms with Crippen LogP contribution >= 0.6 is 0 Å². The zero-order chi connectivity index (χ0) is 17.0. The van der Waals surface area contributed by atoms with Crippen molar-refractivity contribution in [3.05, 3.63) is 23.9 Å². The molecule has 1 saturated heterocycles. The molecular formula is C15H20F3N3O2. The van der Waals surface area contributed by atoms with E-state index in [1.54, 1.807) is 4.90 Å². The van der Waals surface area contributed by atoms with Gasteiger partial charge in [0.2, 0.25) is 5.88 Å². The van der Waals surface area contributed by atoms with Crippen LogP contribution in [0.4, 0.5) is 13.2 Å². The van der Waals surface area contributed by atoms with E-state index in [1.807, 2.05) is 6.92 Å². The first-order valence-electron chi connectivity index (χ1n) is 7.50. The molecule has 1 aliphatic rings. The van der Waals surface area contributed by atoms with Crippen molar-refractivity contribution < 1.29 is 22.7 Å². The fourth-order valence-electron chi connectivity index (χ4n) is 2.67. The standard InChI is InChI=1S/C15H20F3N3O2/c1-10(19)12-4-2-3-7-21(12)14(22)11-5-6-13(20-8-11)23-9-15(16,17)18/h5-6,8,10,12H,2-4,7,9,19H2,1H3. The molecule has 2 unspecified atom stereocenters. The number of rotatable bonds is 4. The molecule has 0 spiro atoms. The minimum Gasteiger partial charge on any atom is -0.468 e. The molecule has 0 aliphatic carbocycles. The maximum atomic E-state index is 12.6. The van der Waals surface area contributed by atoms with E-state index in [9.17, 15) is 18.0 Å². The molecule has 0 bridgehead atoms. The van der Waals surface area contributed by atoms with Gasteiger partial charge >= 0.3 is 6.18 Å². The number of aromatic nitrogens is 1. The molecule has 2 rings (SSSR count). The van der Waals surface area contributed by atoms with Crippen molar-refractivity contribution in [3.8, 4) is 5.88 Å². The molecule has 1 aromatic heterocycles. The third kappa shape index (κ3) is 4.82. The third-order valence-electron chi connectivity index (χ3n) is 3.78. The van der Waals surface area contributed by atoms with E-state index in [4.69, 9.17) is 5.73 Å². The number of amides is 1. The molecule has 2 heterocycles. The predicted octanol–water partition coefficient (Wildman–Crippen LogP) is 2.36. The Bertz CT molecular complexity index is 532. The Balaban J connectivity index is 2.04. The summed E-state index contributed by atoms with van der Waals surface area (Å²) in [6.07, 6.45) is -0.396. The molecule has 1 fully saturated rings. The van der Waals surface area contributed by atoms with Crippen molar-refractivity contribution in [2.45, 2.75) is 44.4 Å². The van der Waals surface area contributed by atoms with Gasteiger partial charge in [0.05, 0.1) is 5.56 Å². The Morgan fingerprint density at radius 1 is 1.48 bits per heavy atom. The van der Waals surface area contributed by atoms with Crippen molar-refractivity contribution in [2.24, 2.45) is 5.73 Å². The number of ether oxygens (including phenoxy) is 1. The van der Waals surface area contributed by atoms with E-state index in [0.29, 0.717) is 12.1 Å². The third-order valence-corrected chi connectivity index (χ3v) is 3.78. The fourth-order valence-corrected chi connectivity index (χ4v) is 2.67. The quantitative estimate of drug-likeness (QED) is 0.920. The van der Waals surface area contributed by atoms with Crippen LogP contribution in [0.3, 0.4) is 0 Å². The summed E-state index contributed by atoms with van der Waals surface area (Å²) in [5.74, 6) is -0.372. The minimum atomic E-state index is -4.42. The number of nitrogens with zero attached hydrogens (tertiary/aromatic N) is 2. The maximum Gasteiger partial charge on any atom is 0.422 e. The molecular weight excluding hydrogens is 311 g/mol. The van der Waals surface area contributed by atoms with Crippen LogP contribution in [-0.4, -0.2) is 47.2 Å². The zero-order valence-corrected chi connectivity index (χ0v) is 12.8. The Morgan fingerprint density at radius 2 is 2.22 bits per heavy atom. The molecule has 1 aromatic rings. The van der Waals surface area contributed by atoms with Gasteiger partial charge in [0, 0.05) is 30.9 Å². The van der Waals surface area contributed by atoms with Gasteiger partial charge in [0.15, 0.2) is 6.61 Å². The lowest BCUT2D eigenvalue weighted by atomic mass is 9.96. The van der Waals surface area contributed by atoms with Gasteiger partial charge < -0.3 is 15.4 Å². The minimum absolute atomic E-state index is 0.0302. The van der Waals surface area contributed by atoms with Gasteiger partial charge in [-0.1, -0.05) is 0 Å². The van der Waals surface area contributed by atoms with E-state index >= 15 is 0 Å². The van der Waals surface area contributed by atoms with Crippen LogP contribution in [0.5, 0.6) is 5.88 Å². The van der Waals surface area contributed by atoms with Crippen molar-refractivity contribution >= 4 is 5.91 Å². The molecule has 1 aliphatic heterocycles. The van der Waals surface area contributed by atoms with E-state index in [0.717, 1.165) is 19.3 Å². The van der Waals surface area contributed by atoms with Gasteiger partial charge in [0.1, 0.15) is 0 Å². The maximum absolute atomic E-state index is 12.6. The van der Waals surface area contributed by atoms with Gasteiger partial charge in [-0.05, 0) is 32.3 Å². The fraction of sp³-hybridized carbons (Fsp3) is 0.600. The number of carbonyl (C=O) groups is 1. The summed E-state index contributed by atoms with van der Waals surface area (Å²) >= 11 is 0. The first kappa shape index (κ1) is 17.5. The van der Waals surface area contributed by atoms with Crippen LogP contribution in [0.15, 0.2) is 18.3 Å². The van der Waals surface area contributed by atoms with E-state index in [2.05, 4.69) is 9.72 Å². The lowest BCUT2D eigenvalue weighted by Gasteiger charge is -2.38. The topological polar surface area (TPSA) is 68.5 Å². The Hall–Kier alpha value is -1.83. The Kier molecular flexibility index (Phi) is 5.46. The highest BCUT2D eigenvalue weighted by atomic mass is 19.4. The van der Waals surface area contributed by atoms with Crippen molar-refractivity contribution in [1.82, 2.24) is 9.88 Å². The lowest BCUT2D eigenvalue weighted by molar-refractivity contribution is -0.154. The first-order chi connectivity index (χ1) is 10.8. The van der Waals surface area contributed by atoms with Crippen LogP contribution in [0.25, 0.3) is 0 Å². The zero-order valence-electron chi connectivity index (χ0n) is 12.8. The average Bonchev–Trinajstić information content (AvgIpc) is 2.52. The highest BCUT2D eigenvalue weighted by molar-refractivity contribution is 5.94. The SMILES string of the molecule is CC(N)C1CCCCN1C(=O)c1ccc(OCC(F)(F)F)nc1. The molecule has 23 heavy (non-hydrogen) atoms. The van der Waals surface area contributed by atoms with Gasteiger partial charge in [-0.2, -0.15) is 13.2 Å². The summed E-state index contributed by atoms with van der Waals surface area (Å²) in [4.78, 5) is 18.0. The van der Waals surface area contributed by atoms with Crippen molar-refractivity contribution in [2.75, 3.05) is 13.2 Å². The number of hydrogen-bond donors (Lipinski definition) is 1.